The van der Waals surface area contributed by atoms with Crippen LogP contribution < -0.4 is 9.47 Å². The van der Waals surface area contributed by atoms with E-state index in [4.69, 9.17) is 14.6 Å². The summed E-state index contributed by atoms with van der Waals surface area (Å²) < 4.78 is 10.3. The Hall–Kier alpha value is -0.870. The summed E-state index contributed by atoms with van der Waals surface area (Å²) >= 11 is 1.57. The van der Waals surface area contributed by atoms with Gasteiger partial charge in [-0.3, -0.25) is 0 Å². The lowest BCUT2D eigenvalue weighted by Gasteiger charge is -2.11. The lowest BCUT2D eigenvalue weighted by molar-refractivity contribution is 0.277. The third-order valence-electron chi connectivity index (χ3n) is 1.96. The van der Waals surface area contributed by atoms with Crippen molar-refractivity contribution in [2.75, 3.05) is 20.5 Å². The number of hydrogen-bond donors (Lipinski definition) is 1. The third-order valence-corrected chi connectivity index (χ3v) is 2.78. The average molecular weight is 214 g/mol. The molecule has 1 aromatic carbocycles. The molecule has 0 fully saturated rings. The molecule has 4 heteroatoms. The van der Waals surface area contributed by atoms with Gasteiger partial charge in [-0.15, -0.1) is 11.8 Å². The van der Waals surface area contributed by atoms with Crippen molar-refractivity contribution < 1.29 is 14.6 Å². The normalized spacial score (nSPS) is 10.0. The van der Waals surface area contributed by atoms with E-state index >= 15 is 0 Å². The smallest absolute Gasteiger partial charge is 0.161 e. The zero-order valence-electron chi connectivity index (χ0n) is 8.53. The maximum Gasteiger partial charge on any atom is 0.161 e. The number of methoxy groups -OCH3 is 2. The standard InChI is InChI=1S/C10H14O3S/c1-12-8-4-7(6-11)10(14-3)5-9(8)13-2/h4-5,11H,6H2,1-3H3. The van der Waals surface area contributed by atoms with E-state index in [1.807, 2.05) is 12.3 Å². The Balaban J connectivity index is 3.20. The summed E-state index contributed by atoms with van der Waals surface area (Å²) in [6.07, 6.45) is 1.96. The van der Waals surface area contributed by atoms with Crippen LogP contribution in [0.15, 0.2) is 17.0 Å². The van der Waals surface area contributed by atoms with Gasteiger partial charge in [0.05, 0.1) is 20.8 Å². The predicted octanol–water partition coefficient (Wildman–Crippen LogP) is 1.92. The molecule has 0 radical (unpaired) electrons. The van der Waals surface area contributed by atoms with Crippen LogP contribution >= 0.6 is 11.8 Å². The molecule has 0 saturated carbocycles. The molecule has 78 valence electrons. The fourth-order valence-corrected chi connectivity index (χ4v) is 1.83. The lowest BCUT2D eigenvalue weighted by atomic mass is 10.2. The first-order valence-electron chi connectivity index (χ1n) is 4.16. The molecule has 0 spiro atoms. The van der Waals surface area contributed by atoms with E-state index in [9.17, 15) is 0 Å². The fourth-order valence-electron chi connectivity index (χ4n) is 1.22. The number of ether oxygens (including phenoxy) is 2. The van der Waals surface area contributed by atoms with Crippen molar-refractivity contribution in [1.29, 1.82) is 0 Å². The van der Waals surface area contributed by atoms with Crippen molar-refractivity contribution in [2.45, 2.75) is 11.5 Å². The summed E-state index contributed by atoms with van der Waals surface area (Å²) in [5.74, 6) is 1.34. The van der Waals surface area contributed by atoms with Gasteiger partial charge in [0.2, 0.25) is 0 Å². The van der Waals surface area contributed by atoms with Gasteiger partial charge in [-0.1, -0.05) is 0 Å². The van der Waals surface area contributed by atoms with Crippen LogP contribution in [0.1, 0.15) is 5.56 Å². The Morgan fingerprint density at radius 3 is 2.21 bits per heavy atom. The van der Waals surface area contributed by atoms with Gasteiger partial charge < -0.3 is 14.6 Å². The van der Waals surface area contributed by atoms with Gasteiger partial charge in [-0.25, -0.2) is 0 Å². The first kappa shape index (κ1) is 11.2. The van der Waals surface area contributed by atoms with Crippen LogP contribution in [-0.4, -0.2) is 25.6 Å². The van der Waals surface area contributed by atoms with Gasteiger partial charge in [0.1, 0.15) is 0 Å². The second-order valence-corrected chi connectivity index (χ2v) is 3.53. The molecule has 1 rings (SSSR count). The number of rotatable bonds is 4. The zero-order chi connectivity index (χ0) is 10.6. The molecule has 0 heterocycles. The SMILES string of the molecule is COc1cc(CO)c(SC)cc1OC. The number of aliphatic hydroxyl groups is 1. The molecule has 0 amide bonds. The molecule has 0 aliphatic heterocycles. The van der Waals surface area contributed by atoms with Crippen LogP contribution in [-0.2, 0) is 6.61 Å². The van der Waals surface area contributed by atoms with Crippen molar-refractivity contribution >= 4 is 11.8 Å². The highest BCUT2D eigenvalue weighted by Gasteiger charge is 2.09. The zero-order valence-corrected chi connectivity index (χ0v) is 9.35. The van der Waals surface area contributed by atoms with Crippen LogP contribution in [0.3, 0.4) is 0 Å². The van der Waals surface area contributed by atoms with E-state index < -0.39 is 0 Å². The molecular formula is C10H14O3S. The maximum absolute atomic E-state index is 9.12. The van der Waals surface area contributed by atoms with Crippen molar-refractivity contribution in [3.63, 3.8) is 0 Å². The first-order valence-corrected chi connectivity index (χ1v) is 5.39. The summed E-state index contributed by atoms with van der Waals surface area (Å²) in [4.78, 5) is 1.00. The van der Waals surface area contributed by atoms with Crippen molar-refractivity contribution in [2.24, 2.45) is 0 Å². The van der Waals surface area contributed by atoms with Gasteiger partial charge >= 0.3 is 0 Å². The highest BCUT2D eigenvalue weighted by atomic mass is 32.2. The monoisotopic (exact) mass is 214 g/mol. The van der Waals surface area contributed by atoms with E-state index in [-0.39, 0.29) is 6.61 Å². The molecular weight excluding hydrogens is 200 g/mol. The number of hydrogen-bond acceptors (Lipinski definition) is 4. The molecule has 1 N–H and O–H groups in total. The topological polar surface area (TPSA) is 38.7 Å². The van der Waals surface area contributed by atoms with Gasteiger partial charge in [-0.2, -0.15) is 0 Å². The van der Waals surface area contributed by atoms with Gasteiger partial charge in [-0.05, 0) is 24.0 Å². The van der Waals surface area contributed by atoms with Crippen molar-refractivity contribution in [3.8, 4) is 11.5 Å². The minimum Gasteiger partial charge on any atom is -0.493 e. The molecule has 0 aliphatic rings. The Kier molecular flexibility index (Phi) is 4.10. The largest absolute Gasteiger partial charge is 0.493 e. The maximum atomic E-state index is 9.12. The highest BCUT2D eigenvalue weighted by Crippen LogP contribution is 2.34. The van der Waals surface area contributed by atoms with Crippen LogP contribution in [0.5, 0.6) is 11.5 Å². The average Bonchev–Trinajstić information content (AvgIpc) is 2.26. The Labute approximate surface area is 88.0 Å². The molecule has 0 aliphatic carbocycles. The van der Waals surface area contributed by atoms with E-state index in [0.717, 1.165) is 10.5 Å². The molecule has 0 unspecified atom stereocenters. The second-order valence-electron chi connectivity index (χ2n) is 2.68. The molecule has 0 aromatic heterocycles. The number of benzene rings is 1. The molecule has 1 aromatic rings. The van der Waals surface area contributed by atoms with Crippen molar-refractivity contribution in [1.82, 2.24) is 0 Å². The molecule has 3 nitrogen and oxygen atoms in total. The lowest BCUT2D eigenvalue weighted by Crippen LogP contribution is -1.95. The molecule has 14 heavy (non-hydrogen) atoms. The summed E-state index contributed by atoms with van der Waals surface area (Å²) in [7, 11) is 3.18. The third kappa shape index (κ3) is 2.13. The summed E-state index contributed by atoms with van der Waals surface area (Å²) in [6.45, 7) is 0.0104. The highest BCUT2D eigenvalue weighted by molar-refractivity contribution is 7.98. The van der Waals surface area contributed by atoms with Crippen LogP contribution in [0.4, 0.5) is 0 Å². The summed E-state index contributed by atoms with van der Waals surface area (Å²) in [5.41, 5.74) is 0.857. The van der Waals surface area contributed by atoms with E-state index in [1.54, 1.807) is 32.0 Å². The molecule has 0 bridgehead atoms. The van der Waals surface area contributed by atoms with Gasteiger partial charge in [0.25, 0.3) is 0 Å². The van der Waals surface area contributed by atoms with Crippen LogP contribution in [0.25, 0.3) is 0 Å². The Morgan fingerprint density at radius 2 is 1.79 bits per heavy atom. The molecule has 0 saturated heterocycles. The summed E-state index contributed by atoms with van der Waals surface area (Å²) in [5, 5.41) is 9.12. The van der Waals surface area contributed by atoms with Gasteiger partial charge in [0, 0.05) is 4.90 Å². The van der Waals surface area contributed by atoms with E-state index in [1.165, 1.54) is 0 Å². The second kappa shape index (κ2) is 5.12. The number of aliphatic hydroxyl groups excluding tert-OH is 1. The minimum absolute atomic E-state index is 0.0104. The first-order chi connectivity index (χ1) is 6.76. The quantitative estimate of drug-likeness (QED) is 0.777. The Morgan fingerprint density at radius 1 is 1.21 bits per heavy atom. The molecule has 0 atom stereocenters. The Bertz CT molecular complexity index is 254. The van der Waals surface area contributed by atoms with Crippen molar-refractivity contribution in [3.05, 3.63) is 17.7 Å². The van der Waals surface area contributed by atoms with Crippen LogP contribution in [0, 0.1) is 0 Å². The fraction of sp³-hybridized carbons (Fsp3) is 0.400. The predicted molar refractivity (Wildman–Crippen MR) is 57.2 cm³/mol. The number of thioether (sulfide) groups is 1. The summed E-state index contributed by atoms with van der Waals surface area (Å²) in [6, 6.07) is 3.67. The van der Waals surface area contributed by atoms with Crippen LogP contribution in [0.2, 0.25) is 0 Å². The minimum atomic E-state index is 0.0104. The van der Waals surface area contributed by atoms with Gasteiger partial charge in [0.15, 0.2) is 11.5 Å². The van der Waals surface area contributed by atoms with E-state index in [2.05, 4.69) is 0 Å². The van der Waals surface area contributed by atoms with E-state index in [0.29, 0.717) is 11.5 Å².